The minimum Gasteiger partial charge on any atom is -0.494 e. The van der Waals surface area contributed by atoms with Crippen molar-refractivity contribution in [3.63, 3.8) is 0 Å². The van der Waals surface area contributed by atoms with Gasteiger partial charge in [0.25, 0.3) is 5.96 Å². The van der Waals surface area contributed by atoms with Crippen LogP contribution in [0, 0.1) is 10.1 Å². The Balaban J connectivity index is 1.67. The van der Waals surface area contributed by atoms with Gasteiger partial charge in [-0.25, -0.2) is 10.1 Å². The molecular weight excluding hydrogens is 562 g/mol. The van der Waals surface area contributed by atoms with Crippen LogP contribution >= 0.6 is 0 Å². The summed E-state index contributed by atoms with van der Waals surface area (Å²) < 4.78 is 5.79. The summed E-state index contributed by atoms with van der Waals surface area (Å²) >= 11 is 0. The number of nitrogens with zero attached hydrogens (tertiary/aromatic N) is 3. The Hall–Kier alpha value is -4.97. The SMILES string of the molecule is CN(C)CCCOc1ccc(CNC(=O)[C@@H](CCCN/C(N)=N\[N+](=O)[O-])NC(=O)C(c2ccccc2)c2ccccc2)cc1. The minimum absolute atomic E-state index is 0.222. The van der Waals surface area contributed by atoms with Gasteiger partial charge in [0, 0.05) is 19.6 Å². The van der Waals surface area contributed by atoms with Gasteiger partial charge in [-0.15, -0.1) is 0 Å². The number of nitro groups is 1. The fourth-order valence-corrected chi connectivity index (χ4v) is 4.54. The Bertz CT molecular complexity index is 1310. The van der Waals surface area contributed by atoms with E-state index in [1.165, 1.54) is 0 Å². The van der Waals surface area contributed by atoms with Crippen molar-refractivity contribution in [3.05, 3.63) is 112 Å². The van der Waals surface area contributed by atoms with Crippen molar-refractivity contribution in [1.82, 2.24) is 20.9 Å². The molecule has 0 heterocycles. The average molecular weight is 604 g/mol. The van der Waals surface area contributed by atoms with Gasteiger partial charge in [0.1, 0.15) is 16.9 Å². The van der Waals surface area contributed by atoms with E-state index in [1.807, 2.05) is 99.0 Å². The lowest BCUT2D eigenvalue weighted by Crippen LogP contribution is -2.48. The van der Waals surface area contributed by atoms with Crippen LogP contribution < -0.4 is 26.4 Å². The molecule has 0 aliphatic carbocycles. The zero-order valence-electron chi connectivity index (χ0n) is 25.1. The van der Waals surface area contributed by atoms with Crippen molar-refractivity contribution in [3.8, 4) is 5.75 Å². The number of carbonyl (C=O) groups is 2. The first-order valence-electron chi connectivity index (χ1n) is 14.5. The molecule has 0 radical (unpaired) electrons. The maximum atomic E-state index is 13.7. The lowest BCUT2D eigenvalue weighted by Gasteiger charge is -2.23. The molecule has 0 aliphatic rings. The number of nitrogens with one attached hydrogen (secondary N) is 3. The molecule has 0 fully saturated rings. The first-order chi connectivity index (χ1) is 21.2. The number of nitrogens with two attached hydrogens (primary N) is 1. The summed E-state index contributed by atoms with van der Waals surface area (Å²) in [6.07, 6.45) is 1.55. The van der Waals surface area contributed by atoms with E-state index in [2.05, 4.69) is 26.0 Å². The van der Waals surface area contributed by atoms with Crippen molar-refractivity contribution in [1.29, 1.82) is 0 Å². The largest absolute Gasteiger partial charge is 0.494 e. The van der Waals surface area contributed by atoms with Crippen molar-refractivity contribution in [2.24, 2.45) is 10.8 Å². The second-order valence-electron chi connectivity index (χ2n) is 10.5. The topological polar surface area (TPSA) is 164 Å². The Morgan fingerprint density at radius 2 is 1.52 bits per heavy atom. The van der Waals surface area contributed by atoms with Gasteiger partial charge in [-0.2, -0.15) is 0 Å². The van der Waals surface area contributed by atoms with E-state index >= 15 is 0 Å². The van der Waals surface area contributed by atoms with Crippen LogP contribution in [-0.2, 0) is 16.1 Å². The summed E-state index contributed by atoms with van der Waals surface area (Å²) in [5.41, 5.74) is 7.97. The van der Waals surface area contributed by atoms with Crippen molar-refractivity contribution >= 4 is 17.8 Å². The van der Waals surface area contributed by atoms with Gasteiger partial charge in [0.2, 0.25) is 11.8 Å². The third-order valence-corrected chi connectivity index (χ3v) is 6.73. The van der Waals surface area contributed by atoms with Crippen molar-refractivity contribution in [2.75, 3.05) is 33.8 Å². The highest BCUT2D eigenvalue weighted by Crippen LogP contribution is 2.25. The van der Waals surface area contributed by atoms with Gasteiger partial charge in [0.05, 0.1) is 12.5 Å². The quantitative estimate of drug-likeness (QED) is 0.0602. The minimum atomic E-state index is -0.893. The van der Waals surface area contributed by atoms with Crippen LogP contribution in [0.15, 0.2) is 90.0 Å². The highest BCUT2D eigenvalue weighted by atomic mass is 16.7. The monoisotopic (exact) mass is 603 g/mol. The maximum absolute atomic E-state index is 13.7. The second kappa shape index (κ2) is 17.9. The molecule has 12 heteroatoms. The van der Waals surface area contributed by atoms with E-state index in [0.29, 0.717) is 13.0 Å². The van der Waals surface area contributed by atoms with Crippen LogP contribution in [0.4, 0.5) is 0 Å². The summed E-state index contributed by atoms with van der Waals surface area (Å²) in [5, 5.41) is 21.2. The number of amides is 2. The van der Waals surface area contributed by atoms with Crippen LogP contribution in [0.1, 0.15) is 41.9 Å². The molecule has 0 bridgehead atoms. The fraction of sp³-hybridized carbons (Fsp3) is 0.344. The number of carbonyl (C=O) groups excluding carboxylic acids is 2. The van der Waals surface area contributed by atoms with Gasteiger partial charge in [0.15, 0.2) is 5.03 Å². The van der Waals surface area contributed by atoms with E-state index in [0.717, 1.165) is 35.4 Å². The van der Waals surface area contributed by atoms with E-state index in [-0.39, 0.29) is 37.3 Å². The third-order valence-electron chi connectivity index (χ3n) is 6.73. The molecule has 0 saturated carbocycles. The van der Waals surface area contributed by atoms with Gasteiger partial charge < -0.3 is 31.3 Å². The molecule has 1 atom stereocenters. The number of hydrogen-bond donors (Lipinski definition) is 4. The molecule has 3 aromatic carbocycles. The predicted molar refractivity (Wildman–Crippen MR) is 169 cm³/mol. The summed E-state index contributed by atoms with van der Waals surface area (Å²) in [4.78, 5) is 39.8. The molecule has 0 spiro atoms. The number of hydrazone groups is 1. The summed E-state index contributed by atoms with van der Waals surface area (Å²) in [7, 11) is 4.04. The molecule has 0 unspecified atom stereocenters. The fourth-order valence-electron chi connectivity index (χ4n) is 4.54. The zero-order valence-corrected chi connectivity index (χ0v) is 25.1. The lowest BCUT2D eigenvalue weighted by atomic mass is 9.90. The number of guanidine groups is 1. The summed E-state index contributed by atoms with van der Waals surface area (Å²) in [5.74, 6) is -0.878. The molecule has 234 valence electrons. The molecule has 3 aromatic rings. The van der Waals surface area contributed by atoms with Crippen LogP contribution in [0.25, 0.3) is 0 Å². The maximum Gasteiger partial charge on any atom is 0.266 e. The van der Waals surface area contributed by atoms with Crippen LogP contribution in [0.2, 0.25) is 0 Å². The molecule has 3 rings (SSSR count). The normalized spacial score (nSPS) is 12.0. The highest BCUT2D eigenvalue weighted by molar-refractivity contribution is 5.92. The summed E-state index contributed by atoms with van der Waals surface area (Å²) in [6.45, 7) is 2.03. The molecule has 12 nitrogen and oxygen atoms in total. The van der Waals surface area contributed by atoms with Crippen LogP contribution in [0.5, 0.6) is 5.75 Å². The Labute approximate surface area is 257 Å². The molecule has 0 saturated heterocycles. The summed E-state index contributed by atoms with van der Waals surface area (Å²) in [6, 6.07) is 25.4. The van der Waals surface area contributed by atoms with Gasteiger partial charge in [-0.05, 0) is 62.2 Å². The Kier molecular flexibility index (Phi) is 13.6. The molecule has 2 amide bonds. The second-order valence-corrected chi connectivity index (χ2v) is 10.5. The predicted octanol–water partition coefficient (Wildman–Crippen LogP) is 2.83. The highest BCUT2D eigenvalue weighted by Gasteiger charge is 2.27. The van der Waals surface area contributed by atoms with E-state index in [4.69, 9.17) is 10.5 Å². The Morgan fingerprint density at radius 3 is 2.09 bits per heavy atom. The first-order valence-corrected chi connectivity index (χ1v) is 14.5. The zero-order chi connectivity index (χ0) is 31.7. The smallest absolute Gasteiger partial charge is 0.266 e. The van der Waals surface area contributed by atoms with Gasteiger partial charge in [-0.1, -0.05) is 72.8 Å². The number of ether oxygens (including phenoxy) is 1. The standard InChI is InChI=1S/C32H41N7O5/c1-38(2)21-10-22-44-27-18-16-24(17-19-27)23-35-30(40)28(15-9-20-34-32(33)37-39(42)43)36-31(41)29(25-11-5-3-6-12-25)26-13-7-4-8-14-26/h3-8,11-14,16-19,28-29H,9-10,15,20-23H2,1-2H3,(H,35,40)(H,36,41)(H3,33,34,37)/t28-/m1/s1. The number of hydrogen-bond acceptors (Lipinski definition) is 6. The lowest BCUT2D eigenvalue weighted by molar-refractivity contribution is -0.485. The van der Waals surface area contributed by atoms with Crippen molar-refractivity contribution in [2.45, 2.75) is 37.8 Å². The molecular formula is C32H41N7O5. The molecule has 44 heavy (non-hydrogen) atoms. The average Bonchev–Trinajstić information content (AvgIpc) is 3.01. The molecule has 0 aliphatic heterocycles. The van der Waals surface area contributed by atoms with Crippen LogP contribution in [-0.4, -0.2) is 67.5 Å². The van der Waals surface area contributed by atoms with Crippen LogP contribution in [0.3, 0.4) is 0 Å². The number of rotatable bonds is 17. The molecule has 5 N–H and O–H groups in total. The van der Waals surface area contributed by atoms with Crippen molar-refractivity contribution < 1.29 is 19.4 Å². The van der Waals surface area contributed by atoms with Gasteiger partial charge >= 0.3 is 0 Å². The van der Waals surface area contributed by atoms with Gasteiger partial charge in [-0.3, -0.25) is 9.59 Å². The number of benzene rings is 3. The van der Waals surface area contributed by atoms with E-state index < -0.39 is 17.0 Å². The van der Waals surface area contributed by atoms with E-state index in [1.54, 1.807) is 0 Å². The Morgan fingerprint density at radius 1 is 0.909 bits per heavy atom. The third kappa shape index (κ3) is 11.7. The van der Waals surface area contributed by atoms with E-state index in [9.17, 15) is 19.7 Å². The first kappa shape index (κ1) is 33.5. The molecule has 0 aromatic heterocycles.